The predicted octanol–water partition coefficient (Wildman–Crippen LogP) is 3.41. The van der Waals surface area contributed by atoms with Crippen molar-refractivity contribution in [2.75, 3.05) is 4.72 Å². The number of para-hydroxylation sites is 1. The molecule has 0 radical (unpaired) electrons. The normalized spacial score (nSPS) is 12.4. The maximum atomic E-state index is 12.9. The van der Waals surface area contributed by atoms with Gasteiger partial charge in [0.25, 0.3) is 15.9 Å². The number of benzene rings is 3. The van der Waals surface area contributed by atoms with Gasteiger partial charge < -0.3 is 9.73 Å². The van der Waals surface area contributed by atoms with Crippen molar-refractivity contribution in [3.63, 3.8) is 0 Å². The number of H-pyrrole nitrogens is 1. The molecular weight excluding hydrogens is 418 g/mol. The van der Waals surface area contributed by atoms with Crippen molar-refractivity contribution in [2.24, 2.45) is 0 Å². The van der Waals surface area contributed by atoms with Crippen LogP contribution in [0.3, 0.4) is 0 Å². The molecule has 3 N–H and O–H groups in total. The largest absolute Gasteiger partial charge is 0.417 e. The molecule has 8 nitrogen and oxygen atoms in total. The van der Waals surface area contributed by atoms with E-state index in [9.17, 15) is 18.0 Å². The summed E-state index contributed by atoms with van der Waals surface area (Å²) in [6, 6.07) is 19.5. The van der Waals surface area contributed by atoms with Crippen molar-refractivity contribution >= 4 is 32.7 Å². The number of aromatic nitrogens is 1. The summed E-state index contributed by atoms with van der Waals surface area (Å²) in [6.45, 7) is 1.85. The molecule has 1 unspecified atom stereocenters. The third kappa shape index (κ3) is 4.36. The summed E-state index contributed by atoms with van der Waals surface area (Å²) >= 11 is 0. The van der Waals surface area contributed by atoms with Crippen LogP contribution in [0.25, 0.3) is 11.1 Å². The molecule has 31 heavy (non-hydrogen) atoms. The van der Waals surface area contributed by atoms with Crippen LogP contribution in [-0.4, -0.2) is 19.3 Å². The number of carbonyl (C=O) groups is 1. The van der Waals surface area contributed by atoms with E-state index in [0.29, 0.717) is 5.52 Å². The molecule has 0 aliphatic rings. The van der Waals surface area contributed by atoms with Crippen LogP contribution >= 0.6 is 0 Å². The molecule has 0 aliphatic carbocycles. The molecule has 0 spiro atoms. The number of aromatic amines is 1. The van der Waals surface area contributed by atoms with Gasteiger partial charge in [-0.25, -0.2) is 13.2 Å². The molecule has 1 aromatic heterocycles. The Morgan fingerprint density at radius 1 is 1.00 bits per heavy atom. The van der Waals surface area contributed by atoms with Crippen LogP contribution in [0.15, 0.2) is 86.9 Å². The van der Waals surface area contributed by atoms with Crippen molar-refractivity contribution in [1.29, 1.82) is 0 Å². The summed E-state index contributed by atoms with van der Waals surface area (Å²) in [5, 5.41) is 2.88. The number of rotatable bonds is 6. The maximum absolute atomic E-state index is 12.9. The zero-order valence-corrected chi connectivity index (χ0v) is 17.3. The zero-order valence-electron chi connectivity index (χ0n) is 16.5. The lowest BCUT2D eigenvalue weighted by Crippen LogP contribution is -2.28. The molecule has 4 aromatic rings. The first-order chi connectivity index (χ1) is 14.8. The molecule has 1 atom stereocenters. The first kappa shape index (κ1) is 20.4. The Balaban J connectivity index is 1.60. The van der Waals surface area contributed by atoms with Gasteiger partial charge in [0, 0.05) is 6.07 Å². The van der Waals surface area contributed by atoms with Gasteiger partial charge in [-0.05, 0) is 36.8 Å². The van der Waals surface area contributed by atoms with Crippen molar-refractivity contribution < 1.29 is 17.6 Å². The number of oxazole rings is 1. The molecule has 4 rings (SSSR count). The predicted molar refractivity (Wildman–Crippen MR) is 116 cm³/mol. The van der Waals surface area contributed by atoms with E-state index in [0.717, 1.165) is 5.56 Å². The average Bonchev–Trinajstić information content (AvgIpc) is 3.13. The summed E-state index contributed by atoms with van der Waals surface area (Å²) in [6.07, 6.45) is 0. The second-order valence-corrected chi connectivity index (χ2v) is 8.61. The van der Waals surface area contributed by atoms with Gasteiger partial charge in [-0.1, -0.05) is 42.5 Å². The van der Waals surface area contributed by atoms with E-state index >= 15 is 0 Å². The fraction of sp³-hybridized carbons (Fsp3) is 0.0909. The Morgan fingerprint density at radius 2 is 1.71 bits per heavy atom. The number of anilines is 1. The van der Waals surface area contributed by atoms with E-state index in [1.807, 2.05) is 37.3 Å². The van der Waals surface area contributed by atoms with Gasteiger partial charge in [0.1, 0.15) is 0 Å². The molecule has 0 bridgehead atoms. The molecular formula is C22H19N3O5S. The number of sulfonamides is 1. The molecule has 0 saturated carbocycles. The van der Waals surface area contributed by atoms with Crippen LogP contribution in [0.2, 0.25) is 0 Å². The third-order valence-electron chi connectivity index (χ3n) is 4.77. The molecule has 1 heterocycles. The van der Waals surface area contributed by atoms with E-state index in [2.05, 4.69) is 15.0 Å². The van der Waals surface area contributed by atoms with Crippen molar-refractivity contribution in [3.8, 4) is 0 Å². The Hall–Kier alpha value is -3.85. The zero-order chi connectivity index (χ0) is 22.0. The van der Waals surface area contributed by atoms with Gasteiger partial charge in [0.15, 0.2) is 5.58 Å². The number of fused-ring (bicyclic) bond motifs is 1. The lowest BCUT2D eigenvalue weighted by atomic mass is 10.1. The molecule has 0 saturated heterocycles. The van der Waals surface area contributed by atoms with Crippen molar-refractivity contribution in [2.45, 2.75) is 17.9 Å². The number of amides is 1. The summed E-state index contributed by atoms with van der Waals surface area (Å²) in [5.74, 6) is -1.09. The molecule has 158 valence electrons. The van der Waals surface area contributed by atoms with Crippen molar-refractivity contribution in [3.05, 3.63) is 94.5 Å². The number of nitrogens with one attached hydrogen (secondary N) is 3. The lowest BCUT2D eigenvalue weighted by Gasteiger charge is -2.17. The minimum atomic E-state index is -4.04. The Bertz CT molecular complexity index is 1410. The highest BCUT2D eigenvalue weighted by Gasteiger charge is 2.20. The highest BCUT2D eigenvalue weighted by molar-refractivity contribution is 7.92. The van der Waals surface area contributed by atoms with Crippen LogP contribution < -0.4 is 15.8 Å². The Labute approximate surface area is 178 Å². The van der Waals surface area contributed by atoms with E-state index in [4.69, 9.17) is 4.42 Å². The van der Waals surface area contributed by atoms with Crippen LogP contribution in [0.5, 0.6) is 0 Å². The highest BCUT2D eigenvalue weighted by Crippen LogP contribution is 2.23. The maximum Gasteiger partial charge on any atom is 0.417 e. The van der Waals surface area contributed by atoms with Gasteiger partial charge in [-0.3, -0.25) is 14.5 Å². The highest BCUT2D eigenvalue weighted by atomic mass is 32.2. The van der Waals surface area contributed by atoms with Crippen LogP contribution in [-0.2, 0) is 10.0 Å². The van der Waals surface area contributed by atoms with E-state index in [1.54, 1.807) is 18.2 Å². The smallest absolute Gasteiger partial charge is 0.408 e. The summed E-state index contributed by atoms with van der Waals surface area (Å²) in [7, 11) is -4.04. The first-order valence-corrected chi connectivity index (χ1v) is 10.9. The minimum absolute atomic E-state index is 0.101. The van der Waals surface area contributed by atoms with Gasteiger partial charge in [-0.2, -0.15) is 0 Å². The topological polar surface area (TPSA) is 121 Å². The summed E-state index contributed by atoms with van der Waals surface area (Å²) < 4.78 is 33.2. The number of hydrogen-bond donors (Lipinski definition) is 3. The molecule has 1 amide bonds. The number of hydrogen-bond acceptors (Lipinski definition) is 5. The molecule has 9 heteroatoms. The molecule has 0 aliphatic heterocycles. The standard InChI is InChI=1S/C22H19N3O5S/c1-14(15-7-3-2-4-8-15)23-21(26)17-9-5-6-10-18(17)25-31(28,29)16-11-12-19-20(13-16)30-22(27)24-19/h2-14,25H,1H3,(H,23,26)(H,24,27). The van der Waals surface area contributed by atoms with Gasteiger partial charge in [0.2, 0.25) is 0 Å². The van der Waals surface area contributed by atoms with Crippen LogP contribution in [0.4, 0.5) is 5.69 Å². The van der Waals surface area contributed by atoms with E-state index in [-0.39, 0.29) is 27.8 Å². The monoisotopic (exact) mass is 437 g/mol. The minimum Gasteiger partial charge on any atom is -0.408 e. The quantitative estimate of drug-likeness (QED) is 0.427. The lowest BCUT2D eigenvalue weighted by molar-refractivity contribution is 0.0941. The van der Waals surface area contributed by atoms with Gasteiger partial charge in [0.05, 0.1) is 27.7 Å². The van der Waals surface area contributed by atoms with Gasteiger partial charge >= 0.3 is 5.76 Å². The van der Waals surface area contributed by atoms with E-state index in [1.165, 1.54) is 24.3 Å². The Kier molecular flexibility index (Phi) is 5.35. The Morgan fingerprint density at radius 3 is 2.48 bits per heavy atom. The molecule has 0 fully saturated rings. The molecule has 3 aromatic carbocycles. The third-order valence-corrected chi connectivity index (χ3v) is 6.13. The first-order valence-electron chi connectivity index (χ1n) is 9.44. The summed E-state index contributed by atoms with van der Waals surface area (Å²) in [5.41, 5.74) is 1.75. The van der Waals surface area contributed by atoms with Gasteiger partial charge in [-0.15, -0.1) is 0 Å². The second-order valence-electron chi connectivity index (χ2n) is 6.93. The van der Waals surface area contributed by atoms with Crippen LogP contribution in [0.1, 0.15) is 28.9 Å². The van der Waals surface area contributed by atoms with E-state index < -0.39 is 21.7 Å². The fourth-order valence-corrected chi connectivity index (χ4v) is 4.26. The summed E-state index contributed by atoms with van der Waals surface area (Å²) in [4.78, 5) is 26.5. The SMILES string of the molecule is CC(NC(=O)c1ccccc1NS(=O)(=O)c1ccc2[nH]c(=O)oc2c1)c1ccccc1. The van der Waals surface area contributed by atoms with Crippen LogP contribution in [0, 0.1) is 0 Å². The fourth-order valence-electron chi connectivity index (χ4n) is 3.17. The second kappa shape index (κ2) is 8.11. The average molecular weight is 437 g/mol. The van der Waals surface area contributed by atoms with Crippen molar-refractivity contribution in [1.82, 2.24) is 10.3 Å². The number of carbonyl (C=O) groups excluding carboxylic acids is 1.